The Hall–Kier alpha value is -3.69. The monoisotopic (exact) mass is 535 g/mol. The van der Waals surface area contributed by atoms with Crippen LogP contribution in [0.2, 0.25) is 0 Å². The second-order valence-electron chi connectivity index (χ2n) is 8.49. The molecule has 0 amide bonds. The topological polar surface area (TPSA) is 112 Å². The van der Waals surface area contributed by atoms with Crippen LogP contribution in [0.15, 0.2) is 94.9 Å². The second-order valence-corrected chi connectivity index (χ2v) is 9.66. The van der Waals surface area contributed by atoms with Crippen molar-refractivity contribution in [2.45, 2.75) is 48.2 Å². The summed E-state index contributed by atoms with van der Waals surface area (Å²) in [7, 11) is 1.59. The van der Waals surface area contributed by atoms with Crippen molar-refractivity contribution in [3.8, 4) is 11.5 Å². The third-order valence-corrected chi connectivity index (χ3v) is 7.03. The van der Waals surface area contributed by atoms with E-state index in [0.717, 1.165) is 10.5 Å². The number of carbonyl (C=O) groups is 1. The predicted octanol–water partition coefficient (Wildman–Crippen LogP) is 5.79. The van der Waals surface area contributed by atoms with Gasteiger partial charge in [-0.15, -0.1) is 0 Å². The molecular weight excluding hydrogens is 506 g/mol. The zero-order valence-corrected chi connectivity index (χ0v) is 21.9. The van der Waals surface area contributed by atoms with Gasteiger partial charge in [0.05, 0.1) is 13.7 Å². The number of methoxy groups -OCH3 is 1. The molecule has 3 aromatic carbocycles. The molecule has 10 heteroatoms. The molecule has 198 valence electrons. The van der Waals surface area contributed by atoms with Gasteiger partial charge in [0.2, 0.25) is 0 Å². The van der Waals surface area contributed by atoms with Gasteiger partial charge in [-0.3, -0.25) is 4.79 Å². The number of esters is 1. The molecule has 0 aromatic heterocycles. The van der Waals surface area contributed by atoms with E-state index in [4.69, 9.17) is 23.7 Å². The first kappa shape index (κ1) is 27.3. The Morgan fingerprint density at radius 3 is 2.26 bits per heavy atom. The molecule has 0 saturated carbocycles. The van der Waals surface area contributed by atoms with Gasteiger partial charge in [-0.05, 0) is 47.5 Å². The molecule has 1 aliphatic heterocycles. The van der Waals surface area contributed by atoms with Crippen LogP contribution in [0, 0.1) is 0 Å². The number of hydrogen-bond donors (Lipinski definition) is 0. The van der Waals surface area contributed by atoms with E-state index < -0.39 is 35.8 Å². The quantitative estimate of drug-likeness (QED) is 0.132. The Balaban J connectivity index is 1.69. The van der Waals surface area contributed by atoms with E-state index in [-0.39, 0.29) is 13.2 Å². The Morgan fingerprint density at radius 1 is 0.974 bits per heavy atom. The van der Waals surface area contributed by atoms with Gasteiger partial charge in [0.1, 0.15) is 41.8 Å². The van der Waals surface area contributed by atoms with Gasteiger partial charge < -0.3 is 23.7 Å². The Morgan fingerprint density at radius 2 is 1.63 bits per heavy atom. The zero-order chi connectivity index (χ0) is 26.7. The third-order valence-electron chi connectivity index (χ3n) is 5.86. The molecule has 0 bridgehead atoms. The molecule has 4 rings (SSSR count). The first-order valence-corrected chi connectivity index (χ1v) is 13.0. The molecule has 1 saturated heterocycles. The number of hydrogen-bond acceptors (Lipinski definition) is 8. The van der Waals surface area contributed by atoms with Gasteiger partial charge in [0, 0.05) is 16.7 Å². The molecule has 3 aromatic rings. The van der Waals surface area contributed by atoms with Crippen molar-refractivity contribution < 1.29 is 28.5 Å². The molecule has 1 aliphatic rings. The molecular formula is C28H29N3O6S. The van der Waals surface area contributed by atoms with Gasteiger partial charge in [-0.2, -0.15) is 0 Å². The third kappa shape index (κ3) is 7.43. The molecule has 5 atom stereocenters. The summed E-state index contributed by atoms with van der Waals surface area (Å²) in [5, 5.41) is 4.11. The minimum atomic E-state index is -0.755. The van der Waals surface area contributed by atoms with Crippen LogP contribution in [0.4, 0.5) is 0 Å². The highest BCUT2D eigenvalue weighted by atomic mass is 32.2. The minimum absolute atomic E-state index is 0.0593. The maximum absolute atomic E-state index is 11.7. The normalized spacial score (nSPS) is 22.6. The lowest BCUT2D eigenvalue weighted by Gasteiger charge is -2.44. The summed E-state index contributed by atoms with van der Waals surface area (Å²) in [6.07, 6.45) is -2.17. The summed E-state index contributed by atoms with van der Waals surface area (Å²) in [5.74, 6) is 0.772. The fourth-order valence-corrected chi connectivity index (χ4v) is 5.18. The highest BCUT2D eigenvalue weighted by Gasteiger charge is 2.49. The van der Waals surface area contributed by atoms with E-state index in [0.29, 0.717) is 11.5 Å². The molecule has 0 radical (unpaired) electrons. The van der Waals surface area contributed by atoms with Crippen LogP contribution in [0.1, 0.15) is 12.5 Å². The van der Waals surface area contributed by atoms with Gasteiger partial charge in [-0.1, -0.05) is 65.4 Å². The van der Waals surface area contributed by atoms with Crippen LogP contribution < -0.4 is 9.47 Å². The largest absolute Gasteiger partial charge is 0.497 e. The molecule has 1 heterocycles. The van der Waals surface area contributed by atoms with Crippen LogP contribution in [0.25, 0.3) is 10.4 Å². The smallest absolute Gasteiger partial charge is 0.302 e. The number of thioether (sulfide) groups is 1. The van der Waals surface area contributed by atoms with Crippen LogP contribution >= 0.6 is 11.8 Å². The lowest BCUT2D eigenvalue weighted by molar-refractivity contribution is -0.185. The highest BCUT2D eigenvalue weighted by molar-refractivity contribution is 7.99. The van der Waals surface area contributed by atoms with Crippen molar-refractivity contribution in [1.29, 1.82) is 0 Å². The number of rotatable bonds is 11. The molecule has 0 unspecified atom stereocenters. The molecule has 1 fully saturated rings. The number of nitrogens with zero attached hydrogens (tertiary/aromatic N) is 3. The average Bonchev–Trinajstić information content (AvgIpc) is 2.94. The summed E-state index contributed by atoms with van der Waals surface area (Å²) >= 11 is 1.41. The van der Waals surface area contributed by atoms with Gasteiger partial charge in [-0.25, -0.2) is 0 Å². The Bertz CT molecular complexity index is 1210. The lowest BCUT2D eigenvalue weighted by atomic mass is 9.97. The number of carbonyl (C=O) groups excluding carboxylic acids is 1. The van der Waals surface area contributed by atoms with E-state index in [1.807, 2.05) is 60.7 Å². The molecule has 38 heavy (non-hydrogen) atoms. The number of azide groups is 1. The van der Waals surface area contributed by atoms with Gasteiger partial charge >= 0.3 is 5.97 Å². The highest BCUT2D eigenvalue weighted by Crippen LogP contribution is 2.38. The summed E-state index contributed by atoms with van der Waals surface area (Å²) in [4.78, 5) is 15.8. The van der Waals surface area contributed by atoms with Crippen molar-refractivity contribution in [2.75, 3.05) is 13.7 Å². The van der Waals surface area contributed by atoms with E-state index >= 15 is 0 Å². The van der Waals surface area contributed by atoms with E-state index in [9.17, 15) is 10.3 Å². The SMILES string of the molecule is COc1ccc(O[C@H]2[C@H](OCc3ccccc3)[C@@H](N=[N+]=[N-])[C@@H](Sc3ccccc3)O[C@@H]2COC(C)=O)cc1. The lowest BCUT2D eigenvalue weighted by Crippen LogP contribution is -2.60. The van der Waals surface area contributed by atoms with Crippen molar-refractivity contribution in [3.63, 3.8) is 0 Å². The summed E-state index contributed by atoms with van der Waals surface area (Å²) in [6.45, 7) is 1.54. The van der Waals surface area contributed by atoms with Crippen molar-refractivity contribution >= 4 is 17.7 Å². The second kappa shape index (κ2) is 13.7. The summed E-state index contributed by atoms with van der Waals surface area (Å²) in [5.41, 5.74) is 9.82. The first-order valence-electron chi connectivity index (χ1n) is 12.1. The van der Waals surface area contributed by atoms with Crippen molar-refractivity contribution in [1.82, 2.24) is 0 Å². The molecule has 0 N–H and O–H groups in total. The molecule has 0 aliphatic carbocycles. The van der Waals surface area contributed by atoms with E-state index in [2.05, 4.69) is 10.0 Å². The number of ether oxygens (including phenoxy) is 5. The van der Waals surface area contributed by atoms with Crippen LogP contribution in [-0.4, -0.2) is 49.5 Å². The van der Waals surface area contributed by atoms with E-state index in [1.165, 1.54) is 18.7 Å². The molecule has 0 spiro atoms. The predicted molar refractivity (Wildman–Crippen MR) is 143 cm³/mol. The summed E-state index contributed by atoms with van der Waals surface area (Å²) in [6, 6.07) is 25.7. The van der Waals surface area contributed by atoms with Gasteiger partial charge in [0.15, 0.2) is 6.10 Å². The van der Waals surface area contributed by atoms with Crippen LogP contribution in [0.5, 0.6) is 11.5 Å². The fourth-order valence-electron chi connectivity index (χ4n) is 4.05. The maximum Gasteiger partial charge on any atom is 0.302 e. The Labute approximate surface area is 225 Å². The number of benzene rings is 3. The van der Waals surface area contributed by atoms with Crippen molar-refractivity contribution in [3.05, 3.63) is 101 Å². The van der Waals surface area contributed by atoms with Crippen LogP contribution in [-0.2, 0) is 25.6 Å². The zero-order valence-electron chi connectivity index (χ0n) is 21.1. The molecule has 9 nitrogen and oxygen atoms in total. The standard InChI is InChI=1S/C28H29N3O6S/c1-19(32)34-18-24-26(36-22-15-13-21(33-2)14-16-22)27(35-17-20-9-5-3-6-10-20)25(30-31-29)28(37-24)38-23-11-7-4-8-12-23/h3-16,24-28H,17-18H2,1-2H3/t24-,25-,26-,27-,28-/m1/s1. The Kier molecular flexibility index (Phi) is 9.89. The maximum atomic E-state index is 11.7. The minimum Gasteiger partial charge on any atom is -0.497 e. The van der Waals surface area contributed by atoms with Crippen molar-refractivity contribution in [2.24, 2.45) is 5.11 Å². The van der Waals surface area contributed by atoms with Crippen LogP contribution in [0.3, 0.4) is 0 Å². The first-order chi connectivity index (χ1) is 18.6. The summed E-state index contributed by atoms with van der Waals surface area (Å²) < 4.78 is 29.8. The van der Waals surface area contributed by atoms with Gasteiger partial charge in [0.25, 0.3) is 0 Å². The van der Waals surface area contributed by atoms with E-state index in [1.54, 1.807) is 31.4 Å². The average molecular weight is 536 g/mol. The fraction of sp³-hybridized carbons (Fsp3) is 0.321.